The summed E-state index contributed by atoms with van der Waals surface area (Å²) in [6, 6.07) is 15.7. The first-order valence-electron chi connectivity index (χ1n) is 6.19. The van der Waals surface area contributed by atoms with Crippen molar-refractivity contribution in [3.8, 4) is 0 Å². The summed E-state index contributed by atoms with van der Waals surface area (Å²) in [5.41, 5.74) is 1.74. The van der Waals surface area contributed by atoms with E-state index < -0.39 is 4.92 Å². The molecule has 0 atom stereocenters. The maximum absolute atomic E-state index is 10.6. The van der Waals surface area contributed by atoms with Crippen molar-refractivity contribution in [3.05, 3.63) is 75.8 Å². The maximum Gasteiger partial charge on any atom is 0.269 e. The normalized spacial score (nSPS) is 10.5. The Labute approximate surface area is 127 Å². The molecule has 0 heterocycles. The topological polar surface area (TPSA) is 58.7 Å². The summed E-state index contributed by atoms with van der Waals surface area (Å²) in [6.45, 7) is 0. The van der Waals surface area contributed by atoms with Crippen LogP contribution in [-0.4, -0.2) is 28.2 Å². The van der Waals surface area contributed by atoms with Gasteiger partial charge in [-0.1, -0.05) is 42.5 Å². The monoisotopic (exact) mass is 299 g/mol. The number of rotatable bonds is 4. The minimum absolute atomic E-state index is 0.0558. The minimum Gasteiger partial charge on any atom is -0.258 e. The smallest absolute Gasteiger partial charge is 0.258 e. The minimum atomic E-state index is -0.433. The first kappa shape index (κ1) is 14.8. The maximum atomic E-state index is 10.6. The quantitative estimate of drug-likeness (QED) is 0.376. The molecule has 2 rings (SSSR count). The molecular weight excluding hydrogens is 286 g/mol. The van der Waals surface area contributed by atoms with Crippen LogP contribution >= 0.6 is 12.2 Å². The lowest BCUT2D eigenvalue weighted by Gasteiger charge is -2.13. The molecule has 0 aliphatic carbocycles. The fraction of sp³-hybridized carbons (Fsp3) is 0.0667. The van der Waals surface area contributed by atoms with Crippen molar-refractivity contribution >= 4 is 29.1 Å². The number of benzene rings is 2. The first-order valence-corrected chi connectivity index (χ1v) is 6.60. The number of nitro benzene ring substituents is 1. The van der Waals surface area contributed by atoms with Crippen LogP contribution in [0.1, 0.15) is 11.1 Å². The van der Waals surface area contributed by atoms with E-state index in [-0.39, 0.29) is 5.69 Å². The lowest BCUT2D eigenvalue weighted by atomic mass is 10.2. The number of non-ortho nitro benzene ring substituents is 1. The summed E-state index contributed by atoms with van der Waals surface area (Å²) in [4.78, 5) is 10.7. The van der Waals surface area contributed by atoms with Crippen LogP contribution in [0.25, 0.3) is 0 Å². The average molecular weight is 299 g/mol. The van der Waals surface area contributed by atoms with Crippen molar-refractivity contribution in [2.45, 2.75) is 0 Å². The fourth-order valence-electron chi connectivity index (χ4n) is 1.66. The van der Waals surface area contributed by atoms with Crippen LogP contribution in [0.3, 0.4) is 0 Å². The zero-order valence-electron chi connectivity index (χ0n) is 11.3. The standard InChI is InChI=1S/C15H13N3O2S/c1-17(15(21)13-5-3-2-4-6-13)16-11-12-7-9-14(10-8-12)18(19)20/h2-11H,1H3/b16-11-. The van der Waals surface area contributed by atoms with Gasteiger partial charge in [-0.2, -0.15) is 5.10 Å². The summed E-state index contributed by atoms with van der Waals surface area (Å²) in [7, 11) is 1.76. The third kappa shape index (κ3) is 3.93. The predicted octanol–water partition coefficient (Wildman–Crippen LogP) is 3.24. The average Bonchev–Trinajstić information content (AvgIpc) is 2.53. The highest BCUT2D eigenvalue weighted by molar-refractivity contribution is 7.80. The van der Waals surface area contributed by atoms with Gasteiger partial charge in [-0.3, -0.25) is 15.1 Å². The molecule has 0 saturated heterocycles. The van der Waals surface area contributed by atoms with E-state index in [1.54, 1.807) is 30.4 Å². The molecule has 0 bridgehead atoms. The molecular formula is C15H13N3O2S. The van der Waals surface area contributed by atoms with E-state index in [0.717, 1.165) is 11.1 Å². The Hall–Kier alpha value is -2.60. The molecule has 0 saturated carbocycles. The van der Waals surface area contributed by atoms with Crippen molar-refractivity contribution < 1.29 is 4.92 Å². The van der Waals surface area contributed by atoms with Crippen molar-refractivity contribution in [1.82, 2.24) is 5.01 Å². The van der Waals surface area contributed by atoms with Crippen LogP contribution in [0, 0.1) is 10.1 Å². The molecule has 6 heteroatoms. The van der Waals surface area contributed by atoms with Gasteiger partial charge in [0.2, 0.25) is 0 Å². The molecule has 0 aliphatic heterocycles. The third-order valence-corrected chi connectivity index (χ3v) is 3.30. The number of thiocarbonyl (C=S) groups is 1. The Bertz CT molecular complexity index is 669. The van der Waals surface area contributed by atoms with E-state index in [9.17, 15) is 10.1 Å². The van der Waals surface area contributed by atoms with E-state index >= 15 is 0 Å². The molecule has 0 spiro atoms. The van der Waals surface area contributed by atoms with E-state index in [0.29, 0.717) is 4.99 Å². The molecule has 21 heavy (non-hydrogen) atoms. The predicted molar refractivity (Wildman–Crippen MR) is 86.6 cm³/mol. The largest absolute Gasteiger partial charge is 0.269 e. The van der Waals surface area contributed by atoms with Crippen LogP contribution in [0.15, 0.2) is 59.7 Å². The number of hydrazone groups is 1. The van der Waals surface area contributed by atoms with Gasteiger partial charge in [0.1, 0.15) is 4.99 Å². The van der Waals surface area contributed by atoms with Gasteiger partial charge in [0, 0.05) is 24.7 Å². The van der Waals surface area contributed by atoms with Gasteiger partial charge >= 0.3 is 0 Å². The van der Waals surface area contributed by atoms with Crippen LogP contribution < -0.4 is 0 Å². The molecule has 0 amide bonds. The Balaban J connectivity index is 2.06. The van der Waals surface area contributed by atoms with Crippen LogP contribution in [0.2, 0.25) is 0 Å². The molecule has 2 aromatic rings. The van der Waals surface area contributed by atoms with Gasteiger partial charge in [-0.15, -0.1) is 0 Å². The van der Waals surface area contributed by atoms with Crippen molar-refractivity contribution in [3.63, 3.8) is 0 Å². The van der Waals surface area contributed by atoms with Gasteiger partial charge in [0.25, 0.3) is 5.69 Å². The number of nitrogens with zero attached hydrogens (tertiary/aromatic N) is 3. The van der Waals surface area contributed by atoms with Crippen LogP contribution in [0.4, 0.5) is 5.69 Å². The first-order chi connectivity index (χ1) is 10.1. The molecule has 0 unspecified atom stereocenters. The van der Waals surface area contributed by atoms with Gasteiger partial charge in [0.05, 0.1) is 11.1 Å². The van der Waals surface area contributed by atoms with Gasteiger partial charge in [0.15, 0.2) is 0 Å². The van der Waals surface area contributed by atoms with E-state index in [1.807, 2.05) is 30.3 Å². The number of nitro groups is 1. The van der Waals surface area contributed by atoms with E-state index in [4.69, 9.17) is 12.2 Å². The Morgan fingerprint density at radius 2 is 1.81 bits per heavy atom. The highest BCUT2D eigenvalue weighted by Gasteiger charge is 2.05. The molecule has 0 N–H and O–H groups in total. The summed E-state index contributed by atoms with van der Waals surface area (Å²) in [6.07, 6.45) is 1.61. The van der Waals surface area contributed by atoms with Crippen molar-refractivity contribution in [2.75, 3.05) is 7.05 Å². The highest BCUT2D eigenvalue weighted by atomic mass is 32.1. The van der Waals surface area contributed by atoms with Crippen molar-refractivity contribution in [1.29, 1.82) is 0 Å². The van der Waals surface area contributed by atoms with Gasteiger partial charge in [-0.05, 0) is 17.7 Å². The molecule has 0 fully saturated rings. The highest BCUT2D eigenvalue weighted by Crippen LogP contribution is 2.11. The Kier molecular flexibility index (Phi) is 4.73. The lowest BCUT2D eigenvalue weighted by molar-refractivity contribution is -0.384. The molecule has 0 radical (unpaired) electrons. The van der Waals surface area contributed by atoms with Crippen LogP contribution in [0.5, 0.6) is 0 Å². The zero-order valence-corrected chi connectivity index (χ0v) is 12.2. The summed E-state index contributed by atoms with van der Waals surface area (Å²) in [5, 5.41) is 16.4. The third-order valence-electron chi connectivity index (χ3n) is 2.80. The molecule has 0 aliphatic rings. The van der Waals surface area contributed by atoms with Gasteiger partial charge in [-0.25, -0.2) is 0 Å². The number of hydrogen-bond donors (Lipinski definition) is 0. The second kappa shape index (κ2) is 6.71. The number of hydrogen-bond acceptors (Lipinski definition) is 4. The fourth-order valence-corrected chi connectivity index (χ4v) is 1.84. The molecule has 5 nitrogen and oxygen atoms in total. The van der Waals surface area contributed by atoms with E-state index in [2.05, 4.69) is 5.10 Å². The van der Waals surface area contributed by atoms with E-state index in [1.165, 1.54) is 12.1 Å². The summed E-state index contributed by atoms with van der Waals surface area (Å²) in [5.74, 6) is 0. The second-order valence-electron chi connectivity index (χ2n) is 4.29. The Morgan fingerprint density at radius 3 is 2.38 bits per heavy atom. The SMILES string of the molecule is CN(/N=C\c1ccc([N+](=O)[O-])cc1)C(=S)c1ccccc1. The zero-order chi connectivity index (χ0) is 15.2. The van der Waals surface area contributed by atoms with Gasteiger partial charge < -0.3 is 0 Å². The van der Waals surface area contributed by atoms with Crippen molar-refractivity contribution in [2.24, 2.45) is 5.10 Å². The molecule has 0 aromatic heterocycles. The second-order valence-corrected chi connectivity index (χ2v) is 4.67. The lowest BCUT2D eigenvalue weighted by Crippen LogP contribution is -2.20. The molecule has 2 aromatic carbocycles. The summed E-state index contributed by atoms with van der Waals surface area (Å²) < 4.78 is 0. The Morgan fingerprint density at radius 1 is 1.19 bits per heavy atom. The summed E-state index contributed by atoms with van der Waals surface area (Å²) >= 11 is 5.34. The molecule has 106 valence electrons. The van der Waals surface area contributed by atoms with Crippen LogP contribution in [-0.2, 0) is 0 Å².